The molecule has 2 saturated carbocycles. The van der Waals surface area contributed by atoms with E-state index < -0.39 is 0 Å². The molecule has 0 spiro atoms. The zero-order valence-corrected chi connectivity index (χ0v) is 74.8. The van der Waals surface area contributed by atoms with Crippen molar-refractivity contribution in [2.75, 3.05) is 0 Å². The van der Waals surface area contributed by atoms with Crippen molar-refractivity contribution in [1.82, 2.24) is 49.8 Å². The van der Waals surface area contributed by atoms with E-state index in [1.807, 2.05) is 61.2 Å². The fourth-order valence-electron chi connectivity index (χ4n) is 28.8. The number of rotatable bonds is 8. The Hall–Kier alpha value is -15.5. The summed E-state index contributed by atoms with van der Waals surface area (Å²) in [6.07, 6.45) is 19.8. The Morgan fingerprint density at radius 3 is 0.676 bits per heavy atom. The molecule has 12 atom stereocenters. The molecule has 0 amide bonds. The summed E-state index contributed by atoms with van der Waals surface area (Å²) in [7, 11) is 0. The van der Waals surface area contributed by atoms with Crippen molar-refractivity contribution >= 4 is 65.4 Å². The van der Waals surface area contributed by atoms with E-state index in [1.54, 1.807) is 0 Å². The van der Waals surface area contributed by atoms with E-state index in [-0.39, 0.29) is 0 Å². The van der Waals surface area contributed by atoms with E-state index in [1.165, 1.54) is 204 Å². The predicted molar refractivity (Wildman–Crippen MR) is 543 cm³/mol. The van der Waals surface area contributed by atoms with Gasteiger partial charge in [-0.15, -0.1) is 0 Å². The average Bonchev–Trinajstić information content (AvgIpc) is 1.51. The zero-order valence-electron chi connectivity index (χ0n) is 74.8. The predicted octanol–water partition coefficient (Wildman–Crippen LogP) is 29.9. The molecule has 33 rings (SSSR count). The van der Waals surface area contributed by atoms with Crippen LogP contribution < -0.4 is 0 Å². The van der Waals surface area contributed by atoms with Crippen LogP contribution in [0.15, 0.2) is 340 Å². The fraction of sp³-hybridized carbons (Fsp3) is 0.175. The highest BCUT2D eigenvalue weighted by atomic mass is 14.9. The lowest BCUT2D eigenvalue weighted by Gasteiger charge is -2.26. The van der Waals surface area contributed by atoms with Gasteiger partial charge in [-0.05, 0) is 223 Å². The summed E-state index contributed by atoms with van der Waals surface area (Å²) in [5, 5.41) is 7.75. The quantitative estimate of drug-likeness (QED) is 0.107. The lowest BCUT2D eigenvalue weighted by Crippen LogP contribution is -2.09. The monoisotopic (exact) mass is 1740 g/mol. The van der Waals surface area contributed by atoms with E-state index in [2.05, 4.69) is 279 Å². The van der Waals surface area contributed by atoms with Gasteiger partial charge < -0.3 is 0 Å². The minimum Gasteiger partial charge on any atom is -0.247 e. The zero-order chi connectivity index (χ0) is 88.4. The molecule has 0 saturated heterocycles. The third-order valence-corrected chi connectivity index (χ3v) is 34.0. The van der Waals surface area contributed by atoms with Crippen LogP contribution in [0.2, 0.25) is 0 Å². The molecule has 10 heteroatoms. The molecule has 21 aromatic rings. The molecule has 13 aromatic carbocycles. The second-order valence-electron chi connectivity index (χ2n) is 40.4. The third kappa shape index (κ3) is 10.9. The van der Waals surface area contributed by atoms with Crippen molar-refractivity contribution < 1.29 is 0 Å². The van der Waals surface area contributed by atoms with Crippen LogP contribution in [0.4, 0.5) is 0 Å². The Morgan fingerprint density at radius 2 is 0.397 bits per heavy atom. The standard InChI is InChI=1S/C42H32N6.2C42H28N2/c1-3-7-23(8-4-1)41-43-19-29(20-44-41)37-35-27-13-11-25(17-27)33(35)31-15-16-32-34-26-12-14-28(18-26)36(34)38(48-40(32)39(31)47-37)30-21-45-42(46-22-30)24-9-5-2-6-10-24;1-3-11-23(12-4-1)41-39-31-19-29(25-15-7-9-17-27(25)31)37(39)33-22-36-34(21-35(33)43-41)38-30-20-32(28-18-10-8-16-26(28)30)40(38)42(44-36)24-13-5-2-6-14-24;1-3-11-23(12-4-1)41-39-31-19-29(25-15-7-9-17-27(25)31)37(39)33-21-34-36(22-35(33)43-41)44-42(24-13-5-2-6-14-24)40-32-20-30(38(34)40)26-16-8-10-18-28(26)32/h1-10,15-16,19-22,25-28H,11-14,17-18H2;2*1-18,21-22,29-32H,19-20H2. The van der Waals surface area contributed by atoms with Crippen molar-refractivity contribution in [3.05, 3.63) is 452 Å². The molecular formula is C126H88N10. The number of fused-ring (bicyclic) bond motifs is 55. The number of hydrogen-bond donors (Lipinski definition) is 0. The summed E-state index contributed by atoms with van der Waals surface area (Å²) in [6.45, 7) is 0. The number of benzene rings is 13. The SMILES string of the molecule is c1ccc(-c2nc3cc4c5c(c(-c6ccccc6)nc4cc3c3c2C2CC3c3ccccc32)C2CC5c3ccccc32)cc1.c1ccc(-c2nc3cc4nc(-c5ccccc5)c5c(c4cc3c3c2C2CC3c3ccccc32)C2CC5c3ccccc32)cc1.c1ccc(-c2ncc(-c3nc4c(ccc5c6c(c(-c7cnc(-c8ccccc8)nc7)nc54)C4CCC6C4)c4c3C3CCC4C3)cn2)cc1. The Kier molecular flexibility index (Phi) is 16.2. The smallest absolute Gasteiger partial charge is 0.159 e. The van der Waals surface area contributed by atoms with Gasteiger partial charge in [-0.1, -0.05) is 291 Å². The van der Waals surface area contributed by atoms with Crippen molar-refractivity contribution in [3.8, 4) is 90.3 Å². The third-order valence-electron chi connectivity index (χ3n) is 34.0. The maximum Gasteiger partial charge on any atom is 0.159 e. The Labute approximate surface area is 786 Å². The molecule has 0 radical (unpaired) electrons. The number of nitrogens with zero attached hydrogens (tertiary/aromatic N) is 10. The van der Waals surface area contributed by atoms with Gasteiger partial charge in [0.25, 0.3) is 0 Å². The molecule has 10 nitrogen and oxygen atoms in total. The summed E-state index contributed by atoms with van der Waals surface area (Å²) in [5.74, 6) is 6.94. The van der Waals surface area contributed by atoms with Crippen LogP contribution in [0.3, 0.4) is 0 Å². The first kappa shape index (κ1) is 76.0. The molecule has 136 heavy (non-hydrogen) atoms. The normalized spacial score (nSPS) is 21.5. The van der Waals surface area contributed by atoms with E-state index in [9.17, 15) is 0 Å². The maximum atomic E-state index is 5.57. The Balaban J connectivity index is 0.0000000951. The van der Waals surface area contributed by atoms with Crippen LogP contribution in [-0.4, -0.2) is 49.8 Å². The number of pyridine rings is 6. The molecule has 0 aliphatic heterocycles. The molecule has 0 N–H and O–H groups in total. The molecule has 12 aliphatic carbocycles. The molecule has 12 aliphatic rings. The van der Waals surface area contributed by atoms with Crippen LogP contribution >= 0.6 is 0 Å². The molecule has 2 fully saturated rings. The molecule has 8 aromatic heterocycles. The second kappa shape index (κ2) is 29.0. The minimum atomic E-state index is 0.397. The van der Waals surface area contributed by atoms with Crippen molar-refractivity contribution in [3.63, 3.8) is 0 Å². The van der Waals surface area contributed by atoms with Crippen LogP contribution in [0.5, 0.6) is 0 Å². The van der Waals surface area contributed by atoms with Crippen LogP contribution in [0, 0.1) is 0 Å². The van der Waals surface area contributed by atoms with Gasteiger partial charge in [0.1, 0.15) is 0 Å². The van der Waals surface area contributed by atoms with Gasteiger partial charge in [-0.3, -0.25) is 0 Å². The lowest BCUT2D eigenvalue weighted by molar-refractivity contribution is 0.719. The first-order valence-corrected chi connectivity index (χ1v) is 49.3. The second-order valence-corrected chi connectivity index (χ2v) is 40.4. The van der Waals surface area contributed by atoms with Gasteiger partial charge in [0, 0.05) is 149 Å². The Bertz CT molecular complexity index is 8230. The molecule has 12 unspecified atom stereocenters. The molecular weight excluding hydrogens is 1650 g/mol. The van der Waals surface area contributed by atoms with Gasteiger partial charge in [0.15, 0.2) is 11.6 Å². The first-order chi connectivity index (χ1) is 67.4. The summed E-state index contributed by atoms with van der Waals surface area (Å²) in [6, 6.07) is 115. The lowest BCUT2D eigenvalue weighted by atomic mass is 9.80. The summed E-state index contributed by atoms with van der Waals surface area (Å²) < 4.78 is 0. The largest absolute Gasteiger partial charge is 0.247 e. The summed E-state index contributed by atoms with van der Waals surface area (Å²) in [4.78, 5) is 52.5. The first-order valence-electron chi connectivity index (χ1n) is 49.3. The van der Waals surface area contributed by atoms with Crippen LogP contribution in [0.25, 0.3) is 156 Å². The molecule has 642 valence electrons. The summed E-state index contributed by atoms with van der Waals surface area (Å²) >= 11 is 0. The van der Waals surface area contributed by atoms with Crippen LogP contribution in [-0.2, 0) is 0 Å². The molecule has 8 heterocycles. The van der Waals surface area contributed by atoms with Crippen LogP contribution in [0.1, 0.15) is 246 Å². The van der Waals surface area contributed by atoms with Gasteiger partial charge >= 0.3 is 0 Å². The van der Waals surface area contributed by atoms with E-state index in [4.69, 9.17) is 49.8 Å². The van der Waals surface area contributed by atoms with E-state index in [0.717, 1.165) is 127 Å². The van der Waals surface area contributed by atoms with Crippen molar-refractivity contribution in [1.29, 1.82) is 0 Å². The minimum absolute atomic E-state index is 0.397. The Morgan fingerprint density at radius 1 is 0.169 bits per heavy atom. The van der Waals surface area contributed by atoms with Crippen molar-refractivity contribution in [2.45, 2.75) is 135 Å². The number of aromatic nitrogens is 10. The highest BCUT2D eigenvalue weighted by Crippen LogP contribution is 2.67. The van der Waals surface area contributed by atoms with Crippen molar-refractivity contribution in [2.24, 2.45) is 0 Å². The number of hydrogen-bond acceptors (Lipinski definition) is 10. The maximum absolute atomic E-state index is 5.57. The van der Waals surface area contributed by atoms with Gasteiger partial charge in [-0.2, -0.15) is 0 Å². The average molecular weight is 1740 g/mol. The highest BCUT2D eigenvalue weighted by molar-refractivity contribution is 6.10. The van der Waals surface area contributed by atoms with Gasteiger partial charge in [0.2, 0.25) is 0 Å². The van der Waals surface area contributed by atoms with E-state index >= 15 is 0 Å². The fourth-order valence-corrected chi connectivity index (χ4v) is 28.8. The highest BCUT2D eigenvalue weighted by Gasteiger charge is 2.51. The van der Waals surface area contributed by atoms with Gasteiger partial charge in [0.05, 0.1) is 67.3 Å². The topological polar surface area (TPSA) is 129 Å². The van der Waals surface area contributed by atoms with E-state index in [0.29, 0.717) is 71.0 Å². The summed E-state index contributed by atoms with van der Waals surface area (Å²) in [5.41, 5.74) is 51.4. The molecule has 12 bridgehead atoms. The van der Waals surface area contributed by atoms with Gasteiger partial charge in [-0.25, -0.2) is 49.8 Å².